The van der Waals surface area contributed by atoms with E-state index in [0.29, 0.717) is 26.1 Å². The number of ether oxygens (including phenoxy) is 1. The van der Waals surface area contributed by atoms with Gasteiger partial charge < -0.3 is 19.9 Å². The van der Waals surface area contributed by atoms with Gasteiger partial charge in [-0.25, -0.2) is 4.79 Å². The van der Waals surface area contributed by atoms with Crippen LogP contribution in [0.2, 0.25) is 0 Å². The second-order valence-electron chi connectivity index (χ2n) is 7.47. The summed E-state index contributed by atoms with van der Waals surface area (Å²) < 4.78 is 5.36. The molecule has 0 aromatic heterocycles. The number of hydrogen-bond donors (Lipinski definition) is 1. The van der Waals surface area contributed by atoms with E-state index in [1.54, 1.807) is 24.0 Å². The first kappa shape index (κ1) is 18.3. The molecule has 4 rings (SSSR count). The van der Waals surface area contributed by atoms with Gasteiger partial charge in [-0.3, -0.25) is 4.79 Å². The van der Waals surface area contributed by atoms with Gasteiger partial charge in [-0.15, -0.1) is 0 Å². The third kappa shape index (κ3) is 2.99. The third-order valence-corrected chi connectivity index (χ3v) is 5.88. The minimum absolute atomic E-state index is 0.0512. The SMILES string of the molecule is COc1ccc2c(c1)[C@@]1(CCN(C(=O)NCCc3ccccc3)C1)C(=O)N2C. The van der Waals surface area contributed by atoms with Crippen molar-refractivity contribution in [1.29, 1.82) is 0 Å². The Labute approximate surface area is 165 Å². The van der Waals surface area contributed by atoms with Crippen LogP contribution < -0.4 is 15.0 Å². The van der Waals surface area contributed by atoms with Gasteiger partial charge in [0.15, 0.2) is 0 Å². The van der Waals surface area contributed by atoms with Crippen LogP contribution >= 0.6 is 0 Å². The van der Waals surface area contributed by atoms with Gasteiger partial charge in [-0.05, 0) is 42.2 Å². The Kier molecular flexibility index (Phi) is 4.71. The lowest BCUT2D eigenvalue weighted by Crippen LogP contribution is -2.44. The molecule has 0 radical (unpaired) electrons. The van der Waals surface area contributed by atoms with Crippen molar-refractivity contribution in [3.05, 3.63) is 59.7 Å². The van der Waals surface area contributed by atoms with E-state index < -0.39 is 5.41 Å². The second-order valence-corrected chi connectivity index (χ2v) is 7.47. The van der Waals surface area contributed by atoms with Crippen LogP contribution in [0, 0.1) is 0 Å². The number of urea groups is 1. The van der Waals surface area contributed by atoms with Crippen LogP contribution in [0.4, 0.5) is 10.5 Å². The number of likely N-dealkylation sites (tertiary alicyclic amines) is 1. The lowest BCUT2D eigenvalue weighted by Gasteiger charge is -2.24. The maximum absolute atomic E-state index is 13.1. The first-order valence-electron chi connectivity index (χ1n) is 9.58. The first-order chi connectivity index (χ1) is 13.5. The summed E-state index contributed by atoms with van der Waals surface area (Å²) in [5.41, 5.74) is 2.38. The highest BCUT2D eigenvalue weighted by atomic mass is 16.5. The Morgan fingerprint density at radius 2 is 2.00 bits per heavy atom. The predicted octanol–water partition coefficient (Wildman–Crippen LogP) is 2.57. The van der Waals surface area contributed by atoms with E-state index in [2.05, 4.69) is 5.32 Å². The van der Waals surface area contributed by atoms with Crippen molar-refractivity contribution in [3.63, 3.8) is 0 Å². The molecule has 146 valence electrons. The zero-order valence-corrected chi connectivity index (χ0v) is 16.3. The number of nitrogens with one attached hydrogen (secondary N) is 1. The van der Waals surface area contributed by atoms with Gasteiger partial charge in [0.25, 0.3) is 0 Å². The molecule has 3 amide bonds. The minimum Gasteiger partial charge on any atom is -0.497 e. The number of methoxy groups -OCH3 is 1. The lowest BCUT2D eigenvalue weighted by molar-refractivity contribution is -0.122. The zero-order chi connectivity index (χ0) is 19.7. The molecule has 2 heterocycles. The topological polar surface area (TPSA) is 61.9 Å². The molecule has 0 aliphatic carbocycles. The molecule has 1 N–H and O–H groups in total. The molecule has 28 heavy (non-hydrogen) atoms. The third-order valence-electron chi connectivity index (χ3n) is 5.88. The van der Waals surface area contributed by atoms with Crippen LogP contribution in [-0.4, -0.2) is 50.6 Å². The maximum atomic E-state index is 13.1. The molecule has 0 saturated carbocycles. The van der Waals surface area contributed by atoms with Gasteiger partial charge in [0, 0.05) is 32.4 Å². The van der Waals surface area contributed by atoms with E-state index in [1.807, 2.05) is 48.5 Å². The molecular weight excluding hydrogens is 354 g/mol. The highest BCUT2D eigenvalue weighted by molar-refractivity contribution is 6.08. The minimum atomic E-state index is -0.671. The van der Waals surface area contributed by atoms with Crippen LogP contribution in [0.25, 0.3) is 0 Å². The van der Waals surface area contributed by atoms with Crippen molar-refractivity contribution >= 4 is 17.6 Å². The number of benzene rings is 2. The summed E-state index contributed by atoms with van der Waals surface area (Å²) in [6.07, 6.45) is 1.41. The number of carbonyl (C=O) groups is 2. The summed E-state index contributed by atoms with van der Waals surface area (Å²) in [6, 6.07) is 15.7. The fourth-order valence-corrected chi connectivity index (χ4v) is 4.31. The van der Waals surface area contributed by atoms with Crippen LogP contribution in [0.1, 0.15) is 17.5 Å². The van der Waals surface area contributed by atoms with Crippen molar-refractivity contribution < 1.29 is 14.3 Å². The van der Waals surface area contributed by atoms with E-state index in [9.17, 15) is 9.59 Å². The molecule has 2 aromatic rings. The molecule has 1 atom stereocenters. The number of rotatable bonds is 4. The monoisotopic (exact) mass is 379 g/mol. The zero-order valence-electron chi connectivity index (χ0n) is 16.3. The molecule has 1 saturated heterocycles. The second kappa shape index (κ2) is 7.19. The Morgan fingerprint density at radius 1 is 1.21 bits per heavy atom. The standard InChI is InChI=1S/C22H25N3O3/c1-24-19-9-8-17(28-2)14-18(19)22(20(24)26)11-13-25(15-22)21(27)23-12-10-16-6-4-3-5-7-16/h3-9,14H,10-13,15H2,1-2H3,(H,23,27)/t22-/m0/s1. The summed E-state index contributed by atoms with van der Waals surface area (Å²) in [6.45, 7) is 1.53. The smallest absolute Gasteiger partial charge is 0.317 e. The fraction of sp³-hybridized carbons (Fsp3) is 0.364. The summed E-state index contributed by atoms with van der Waals surface area (Å²) in [4.78, 5) is 29.2. The van der Waals surface area contributed by atoms with Gasteiger partial charge in [-0.1, -0.05) is 30.3 Å². The quantitative estimate of drug-likeness (QED) is 0.888. The molecule has 2 aliphatic rings. The van der Waals surface area contributed by atoms with Gasteiger partial charge in [0.2, 0.25) is 5.91 Å². The molecule has 6 nitrogen and oxygen atoms in total. The van der Waals surface area contributed by atoms with Gasteiger partial charge in [-0.2, -0.15) is 0 Å². The molecule has 0 unspecified atom stereocenters. The van der Waals surface area contributed by atoms with E-state index in [1.165, 1.54) is 5.56 Å². The number of fused-ring (bicyclic) bond motifs is 2. The summed E-state index contributed by atoms with van der Waals surface area (Å²) >= 11 is 0. The average Bonchev–Trinajstić information content (AvgIpc) is 3.26. The number of hydrogen-bond acceptors (Lipinski definition) is 3. The molecular formula is C22H25N3O3. The van der Waals surface area contributed by atoms with Crippen LogP contribution in [-0.2, 0) is 16.6 Å². The number of anilines is 1. The molecule has 2 aliphatic heterocycles. The summed E-state index contributed by atoms with van der Waals surface area (Å²) in [7, 11) is 3.42. The van der Waals surface area contributed by atoms with E-state index in [0.717, 1.165) is 23.4 Å². The Hall–Kier alpha value is -3.02. The Balaban J connectivity index is 1.46. The molecule has 0 bridgehead atoms. The summed E-state index contributed by atoms with van der Waals surface area (Å²) in [5, 5.41) is 2.99. The lowest BCUT2D eigenvalue weighted by atomic mass is 9.81. The van der Waals surface area contributed by atoms with Crippen molar-refractivity contribution in [2.45, 2.75) is 18.3 Å². The van der Waals surface area contributed by atoms with Crippen molar-refractivity contribution in [2.24, 2.45) is 0 Å². The summed E-state index contributed by atoms with van der Waals surface area (Å²) in [5.74, 6) is 0.780. The number of amides is 3. The number of carbonyl (C=O) groups excluding carboxylic acids is 2. The average molecular weight is 379 g/mol. The van der Waals surface area contributed by atoms with E-state index >= 15 is 0 Å². The van der Waals surface area contributed by atoms with Crippen molar-refractivity contribution in [1.82, 2.24) is 10.2 Å². The van der Waals surface area contributed by atoms with Gasteiger partial charge in [0.1, 0.15) is 5.75 Å². The molecule has 1 spiro atoms. The van der Waals surface area contributed by atoms with E-state index in [-0.39, 0.29) is 11.9 Å². The first-order valence-corrected chi connectivity index (χ1v) is 9.58. The largest absolute Gasteiger partial charge is 0.497 e. The van der Waals surface area contributed by atoms with Gasteiger partial charge in [0.05, 0.1) is 12.5 Å². The number of nitrogens with zero attached hydrogens (tertiary/aromatic N) is 2. The highest BCUT2D eigenvalue weighted by Gasteiger charge is 2.54. The van der Waals surface area contributed by atoms with Crippen molar-refractivity contribution in [2.75, 3.05) is 38.7 Å². The molecule has 2 aromatic carbocycles. The molecule has 6 heteroatoms. The van der Waals surface area contributed by atoms with Gasteiger partial charge >= 0.3 is 6.03 Å². The molecule has 1 fully saturated rings. The number of likely N-dealkylation sites (N-methyl/N-ethyl adjacent to an activating group) is 1. The Morgan fingerprint density at radius 3 is 2.75 bits per heavy atom. The normalized spacial score (nSPS) is 20.6. The van der Waals surface area contributed by atoms with Crippen LogP contribution in [0.15, 0.2) is 48.5 Å². The van der Waals surface area contributed by atoms with E-state index in [4.69, 9.17) is 4.74 Å². The fourth-order valence-electron chi connectivity index (χ4n) is 4.31. The predicted molar refractivity (Wildman–Crippen MR) is 108 cm³/mol. The van der Waals surface area contributed by atoms with Crippen LogP contribution in [0.3, 0.4) is 0 Å². The van der Waals surface area contributed by atoms with Crippen molar-refractivity contribution in [3.8, 4) is 5.75 Å². The van der Waals surface area contributed by atoms with Crippen LogP contribution in [0.5, 0.6) is 5.75 Å². The Bertz CT molecular complexity index is 899. The maximum Gasteiger partial charge on any atom is 0.317 e. The highest BCUT2D eigenvalue weighted by Crippen LogP contribution is 2.47.